The number of carbonyl (C=O) groups excluding carboxylic acids is 1. The summed E-state index contributed by atoms with van der Waals surface area (Å²) < 4.78 is 42.1. The van der Waals surface area contributed by atoms with Gasteiger partial charge in [0.15, 0.2) is 0 Å². The minimum Gasteiger partial charge on any atom is -0.335 e. The Labute approximate surface area is 188 Å². The minimum absolute atomic E-state index is 0.0502. The minimum atomic E-state index is -3.90. The topological polar surface area (TPSA) is 75.5 Å². The van der Waals surface area contributed by atoms with Crippen LogP contribution in [0.25, 0.3) is 5.69 Å². The Bertz CT molecular complexity index is 1200. The van der Waals surface area contributed by atoms with Crippen LogP contribution in [0.2, 0.25) is 10.0 Å². The van der Waals surface area contributed by atoms with Crippen molar-refractivity contribution in [2.75, 3.05) is 26.2 Å². The number of piperazine rings is 1. The molecule has 0 bridgehead atoms. The normalized spacial score (nSPS) is 15.3. The highest BCUT2D eigenvalue weighted by molar-refractivity contribution is 7.89. The van der Waals surface area contributed by atoms with Gasteiger partial charge in [0.05, 0.1) is 22.6 Å². The van der Waals surface area contributed by atoms with Crippen LogP contribution < -0.4 is 0 Å². The number of benzene rings is 2. The summed E-state index contributed by atoms with van der Waals surface area (Å²) in [5.41, 5.74) is 0.897. The summed E-state index contributed by atoms with van der Waals surface area (Å²) >= 11 is 12.2. The first-order valence-corrected chi connectivity index (χ1v) is 11.5. The first kappa shape index (κ1) is 21.8. The molecule has 0 aliphatic carbocycles. The first-order valence-electron chi connectivity index (χ1n) is 9.31. The molecule has 0 saturated carbocycles. The zero-order chi connectivity index (χ0) is 22.2. The molecule has 2 heterocycles. The summed E-state index contributed by atoms with van der Waals surface area (Å²) in [6.45, 7) is 0.573. The average Bonchev–Trinajstić information content (AvgIpc) is 3.23. The third kappa shape index (κ3) is 4.18. The SMILES string of the molecule is O=C(c1cncn1-c1ccc(F)cc1)N1CCN(S(=O)(=O)c2c(Cl)cccc2Cl)CC1. The van der Waals surface area contributed by atoms with Crippen molar-refractivity contribution in [2.45, 2.75) is 4.90 Å². The van der Waals surface area contributed by atoms with Gasteiger partial charge in [-0.3, -0.25) is 9.36 Å². The molecule has 0 spiro atoms. The van der Waals surface area contributed by atoms with Crippen LogP contribution in [-0.2, 0) is 10.0 Å². The zero-order valence-corrected chi connectivity index (χ0v) is 18.4. The van der Waals surface area contributed by atoms with E-state index in [-0.39, 0.29) is 52.8 Å². The third-order valence-corrected chi connectivity index (χ3v) is 7.86. The van der Waals surface area contributed by atoms with Crippen molar-refractivity contribution in [3.63, 3.8) is 0 Å². The standard InChI is InChI=1S/C20H17Cl2FN4O3S/c21-16-2-1-3-17(22)19(16)31(29,30)26-10-8-25(9-11-26)20(28)18-12-24-13-27(18)15-6-4-14(23)5-7-15/h1-7,12-13H,8-11H2. The van der Waals surface area contributed by atoms with Crippen molar-refractivity contribution in [3.05, 3.63) is 76.5 Å². The molecular formula is C20H17Cl2FN4O3S. The molecule has 1 aliphatic rings. The summed E-state index contributed by atoms with van der Waals surface area (Å²) in [6, 6.07) is 10.2. The molecule has 1 aliphatic heterocycles. The molecule has 162 valence electrons. The predicted molar refractivity (Wildman–Crippen MR) is 115 cm³/mol. The Kier molecular flexibility index (Phi) is 6.02. The summed E-state index contributed by atoms with van der Waals surface area (Å²) in [7, 11) is -3.90. The number of carbonyl (C=O) groups is 1. The van der Waals surface area contributed by atoms with Crippen molar-refractivity contribution < 1.29 is 17.6 Å². The summed E-state index contributed by atoms with van der Waals surface area (Å²) in [6.07, 6.45) is 2.90. The van der Waals surface area contributed by atoms with Gasteiger partial charge in [0.25, 0.3) is 5.91 Å². The van der Waals surface area contributed by atoms with E-state index in [0.717, 1.165) is 0 Å². The van der Waals surface area contributed by atoms with Crippen molar-refractivity contribution in [2.24, 2.45) is 0 Å². The lowest BCUT2D eigenvalue weighted by molar-refractivity contribution is 0.0690. The molecule has 11 heteroatoms. The first-order chi connectivity index (χ1) is 14.8. The van der Waals surface area contributed by atoms with E-state index in [9.17, 15) is 17.6 Å². The molecule has 0 N–H and O–H groups in total. The Morgan fingerprint density at radius 1 is 0.968 bits per heavy atom. The van der Waals surface area contributed by atoms with Crippen LogP contribution in [0.15, 0.2) is 59.9 Å². The zero-order valence-electron chi connectivity index (χ0n) is 16.1. The molecular weight excluding hydrogens is 466 g/mol. The third-order valence-electron chi connectivity index (χ3n) is 5.01. The molecule has 1 fully saturated rings. The second kappa shape index (κ2) is 8.58. The van der Waals surface area contributed by atoms with Crippen molar-refractivity contribution >= 4 is 39.1 Å². The van der Waals surface area contributed by atoms with Crippen LogP contribution in [0, 0.1) is 5.82 Å². The Morgan fingerprint density at radius 3 is 2.19 bits per heavy atom. The van der Waals surface area contributed by atoms with Gasteiger partial charge in [-0.2, -0.15) is 4.31 Å². The second-order valence-corrected chi connectivity index (χ2v) is 9.56. The number of sulfonamides is 1. The molecule has 2 aromatic carbocycles. The Morgan fingerprint density at radius 2 is 1.58 bits per heavy atom. The fraction of sp³-hybridized carbons (Fsp3) is 0.200. The number of aromatic nitrogens is 2. The lowest BCUT2D eigenvalue weighted by Gasteiger charge is -2.34. The molecule has 1 amide bonds. The Balaban J connectivity index is 1.51. The Hall–Kier alpha value is -2.46. The van der Waals surface area contributed by atoms with Gasteiger partial charge in [-0.05, 0) is 36.4 Å². The molecule has 4 rings (SSSR count). The van der Waals surface area contributed by atoms with Crippen LogP contribution in [-0.4, -0.2) is 59.3 Å². The van der Waals surface area contributed by atoms with Gasteiger partial charge in [-0.1, -0.05) is 29.3 Å². The van der Waals surface area contributed by atoms with Crippen molar-refractivity contribution in [3.8, 4) is 5.69 Å². The maximum atomic E-state index is 13.2. The van der Waals surface area contributed by atoms with Gasteiger partial charge < -0.3 is 4.90 Å². The van der Waals surface area contributed by atoms with Crippen LogP contribution in [0.3, 0.4) is 0 Å². The summed E-state index contributed by atoms with van der Waals surface area (Å²) in [5.74, 6) is -0.678. The van der Waals surface area contributed by atoms with E-state index in [0.29, 0.717) is 11.4 Å². The van der Waals surface area contributed by atoms with E-state index < -0.39 is 10.0 Å². The summed E-state index contributed by atoms with van der Waals surface area (Å²) in [5, 5.41) is 0.100. The number of hydrogen-bond donors (Lipinski definition) is 0. The molecule has 31 heavy (non-hydrogen) atoms. The number of hydrogen-bond acceptors (Lipinski definition) is 4. The lowest BCUT2D eigenvalue weighted by atomic mass is 10.2. The summed E-state index contributed by atoms with van der Waals surface area (Å²) in [4.78, 5) is 18.5. The number of imidazole rings is 1. The molecule has 3 aromatic rings. The highest BCUT2D eigenvalue weighted by Crippen LogP contribution is 2.32. The van der Waals surface area contributed by atoms with E-state index >= 15 is 0 Å². The van der Waals surface area contributed by atoms with E-state index in [1.807, 2.05) is 0 Å². The van der Waals surface area contributed by atoms with Crippen LogP contribution in [0.1, 0.15) is 10.5 Å². The maximum absolute atomic E-state index is 13.2. The van der Waals surface area contributed by atoms with E-state index in [1.165, 1.54) is 41.1 Å². The highest BCUT2D eigenvalue weighted by Gasteiger charge is 2.33. The molecule has 1 aromatic heterocycles. The van der Waals surface area contributed by atoms with Crippen molar-refractivity contribution in [1.82, 2.24) is 18.8 Å². The fourth-order valence-electron chi connectivity index (χ4n) is 3.41. The van der Waals surface area contributed by atoms with E-state index in [1.54, 1.807) is 27.7 Å². The van der Waals surface area contributed by atoms with Gasteiger partial charge in [-0.15, -0.1) is 0 Å². The molecule has 0 unspecified atom stereocenters. The van der Waals surface area contributed by atoms with Gasteiger partial charge in [0, 0.05) is 31.9 Å². The molecule has 0 atom stereocenters. The van der Waals surface area contributed by atoms with Crippen molar-refractivity contribution in [1.29, 1.82) is 0 Å². The van der Waals surface area contributed by atoms with Crippen LogP contribution in [0.5, 0.6) is 0 Å². The highest BCUT2D eigenvalue weighted by atomic mass is 35.5. The second-order valence-electron chi connectivity index (χ2n) is 6.87. The van der Waals surface area contributed by atoms with Gasteiger partial charge in [-0.25, -0.2) is 17.8 Å². The number of nitrogens with zero attached hydrogens (tertiary/aromatic N) is 4. The quantitative estimate of drug-likeness (QED) is 0.570. The number of amides is 1. The van der Waals surface area contributed by atoms with Crippen LogP contribution >= 0.6 is 23.2 Å². The number of halogens is 3. The largest absolute Gasteiger partial charge is 0.335 e. The predicted octanol–water partition coefficient (Wildman–Crippen LogP) is 3.46. The van der Waals surface area contributed by atoms with Gasteiger partial charge in [0.2, 0.25) is 10.0 Å². The van der Waals surface area contributed by atoms with Crippen LogP contribution in [0.4, 0.5) is 4.39 Å². The average molecular weight is 483 g/mol. The molecule has 7 nitrogen and oxygen atoms in total. The van der Waals surface area contributed by atoms with Gasteiger partial charge >= 0.3 is 0 Å². The maximum Gasteiger partial charge on any atom is 0.272 e. The molecule has 0 radical (unpaired) electrons. The van der Waals surface area contributed by atoms with Gasteiger partial charge in [0.1, 0.15) is 16.4 Å². The molecule has 1 saturated heterocycles. The van der Waals surface area contributed by atoms with E-state index in [2.05, 4.69) is 4.98 Å². The fourth-order valence-corrected chi connectivity index (χ4v) is 5.93. The van der Waals surface area contributed by atoms with E-state index in [4.69, 9.17) is 23.2 Å². The lowest BCUT2D eigenvalue weighted by Crippen LogP contribution is -2.50. The number of rotatable bonds is 4. The monoisotopic (exact) mass is 482 g/mol. The smallest absolute Gasteiger partial charge is 0.272 e.